The third-order valence-corrected chi connectivity index (χ3v) is 11.8. The van der Waals surface area contributed by atoms with Crippen molar-refractivity contribution in [1.29, 1.82) is 0 Å². The summed E-state index contributed by atoms with van der Waals surface area (Å²) in [5.41, 5.74) is 4.96. The molecule has 0 heterocycles. The largest absolute Gasteiger partial charge is 0.327 e. The second-order valence-corrected chi connectivity index (χ2v) is 15.4. The van der Waals surface area contributed by atoms with Crippen LogP contribution in [0.5, 0.6) is 0 Å². The van der Waals surface area contributed by atoms with Crippen molar-refractivity contribution in [3.8, 4) is 0 Å². The normalized spacial score (nSPS) is 12.8. The van der Waals surface area contributed by atoms with E-state index >= 15 is 0 Å². The van der Waals surface area contributed by atoms with E-state index in [4.69, 9.17) is 5.73 Å². The Morgan fingerprint density at radius 1 is 0.921 bits per heavy atom. The molecule has 3 N–H and O–H groups in total. The van der Waals surface area contributed by atoms with Crippen LogP contribution in [0.25, 0.3) is 0 Å². The standard InChI is InChI=1S/C23H30FN3O7S3.ClH/c1-16(2)36(31,32)27(37(33,34)17(3)4)20-11-9-19(10-12-20)26-23(28)21-7-5-6-8-22(21)35(29,30)15-18(24)13-14-25;/h5-13,16-17H,14-15,25H2,1-4H3,(H,26,28);1H/b18-13-;. The maximum Gasteiger partial charge on any atom is 0.256 e. The van der Waals surface area contributed by atoms with Gasteiger partial charge in [0.1, 0.15) is 11.6 Å². The lowest BCUT2D eigenvalue weighted by Gasteiger charge is -2.27. The Labute approximate surface area is 229 Å². The summed E-state index contributed by atoms with van der Waals surface area (Å²) >= 11 is 0. The summed E-state index contributed by atoms with van der Waals surface area (Å²) in [5, 5.41) is 0.440. The fraction of sp³-hybridized carbons (Fsp3) is 0.348. The highest BCUT2D eigenvalue weighted by molar-refractivity contribution is 8.10. The van der Waals surface area contributed by atoms with Crippen LogP contribution in [0.1, 0.15) is 38.1 Å². The molecule has 0 aliphatic heterocycles. The molecule has 0 unspecified atom stereocenters. The maximum atomic E-state index is 13.8. The number of halogens is 2. The molecule has 0 aliphatic carbocycles. The van der Waals surface area contributed by atoms with E-state index in [2.05, 4.69) is 5.32 Å². The quantitative estimate of drug-likeness (QED) is 0.391. The van der Waals surface area contributed by atoms with Crippen molar-refractivity contribution < 1.29 is 34.4 Å². The lowest BCUT2D eigenvalue weighted by atomic mass is 10.2. The maximum absolute atomic E-state index is 13.8. The summed E-state index contributed by atoms with van der Waals surface area (Å²) in [6, 6.07) is 10.3. The Bertz CT molecular complexity index is 1450. The Balaban J connectivity index is 0.00000722. The van der Waals surface area contributed by atoms with Gasteiger partial charge in [-0.3, -0.25) is 4.79 Å². The molecule has 0 saturated heterocycles. The van der Waals surface area contributed by atoms with Gasteiger partial charge >= 0.3 is 0 Å². The average molecular weight is 612 g/mol. The number of carbonyl (C=O) groups is 1. The van der Waals surface area contributed by atoms with Gasteiger partial charge in [-0.25, -0.2) is 29.6 Å². The zero-order valence-corrected chi connectivity index (χ0v) is 24.4. The van der Waals surface area contributed by atoms with E-state index in [1.54, 1.807) is 0 Å². The Kier molecular flexibility index (Phi) is 11.5. The van der Waals surface area contributed by atoms with Crippen molar-refractivity contribution in [2.45, 2.75) is 43.1 Å². The summed E-state index contributed by atoms with van der Waals surface area (Å²) in [4.78, 5) is 12.5. The van der Waals surface area contributed by atoms with Crippen LogP contribution in [0, 0.1) is 0 Å². The lowest BCUT2D eigenvalue weighted by molar-refractivity contribution is 0.102. The first-order valence-electron chi connectivity index (χ1n) is 11.1. The van der Waals surface area contributed by atoms with Crippen molar-refractivity contribution in [2.75, 3.05) is 21.3 Å². The Hall–Kier alpha value is -2.52. The van der Waals surface area contributed by atoms with E-state index in [0.717, 1.165) is 6.08 Å². The van der Waals surface area contributed by atoms with Gasteiger partial charge in [-0.1, -0.05) is 12.1 Å². The number of hydrogen-bond donors (Lipinski definition) is 2. The van der Waals surface area contributed by atoms with E-state index < -0.39 is 57.9 Å². The highest BCUT2D eigenvalue weighted by Crippen LogP contribution is 2.29. The SMILES string of the molecule is CC(C)S(=O)(=O)N(c1ccc(NC(=O)c2ccccc2S(=O)(=O)C/C(F)=C/CN)cc1)S(=O)(=O)C(C)C.Cl. The van der Waals surface area contributed by atoms with Gasteiger partial charge in [0.2, 0.25) is 0 Å². The topological polar surface area (TPSA) is 161 Å². The van der Waals surface area contributed by atoms with Gasteiger partial charge in [0.25, 0.3) is 26.0 Å². The number of nitrogens with one attached hydrogen (secondary N) is 1. The monoisotopic (exact) mass is 611 g/mol. The van der Waals surface area contributed by atoms with E-state index in [0.29, 0.717) is 3.71 Å². The minimum atomic E-state index is -4.26. The highest BCUT2D eigenvalue weighted by Gasteiger charge is 2.38. The van der Waals surface area contributed by atoms with E-state index in [1.807, 2.05) is 0 Å². The number of anilines is 2. The number of nitrogens with two attached hydrogens (primary N) is 1. The number of hydrogen-bond acceptors (Lipinski definition) is 8. The van der Waals surface area contributed by atoms with Gasteiger partial charge in [-0.05, 0) is 70.2 Å². The van der Waals surface area contributed by atoms with Crippen LogP contribution < -0.4 is 14.8 Å². The summed E-state index contributed by atoms with van der Waals surface area (Å²) in [5.74, 6) is -2.74. The van der Waals surface area contributed by atoms with Crippen LogP contribution in [0.3, 0.4) is 0 Å². The molecule has 38 heavy (non-hydrogen) atoms. The molecule has 0 aromatic heterocycles. The summed E-state index contributed by atoms with van der Waals surface area (Å²) < 4.78 is 91.1. The molecule has 0 spiro atoms. The molecular weight excluding hydrogens is 581 g/mol. The molecule has 212 valence electrons. The third-order valence-electron chi connectivity index (χ3n) is 5.12. The van der Waals surface area contributed by atoms with Crippen LogP contribution >= 0.6 is 12.4 Å². The highest BCUT2D eigenvalue weighted by atomic mass is 35.5. The van der Waals surface area contributed by atoms with Gasteiger partial charge in [-0.2, -0.15) is 3.71 Å². The van der Waals surface area contributed by atoms with Crippen LogP contribution in [-0.2, 0) is 29.9 Å². The number of sulfonamides is 2. The minimum absolute atomic E-state index is 0. The number of amides is 1. The zero-order chi connectivity index (χ0) is 28.2. The van der Waals surface area contributed by atoms with E-state index in [1.165, 1.54) is 76.2 Å². The second kappa shape index (κ2) is 13.0. The number of sulfone groups is 1. The van der Waals surface area contributed by atoms with Crippen LogP contribution in [0.4, 0.5) is 15.8 Å². The molecule has 0 atom stereocenters. The molecule has 0 aliphatic rings. The van der Waals surface area contributed by atoms with Gasteiger partial charge < -0.3 is 11.1 Å². The van der Waals surface area contributed by atoms with Crippen LogP contribution in [0.2, 0.25) is 0 Å². The molecular formula is C23H31ClFN3O7S3. The molecule has 2 aromatic carbocycles. The number of rotatable bonds is 11. The van der Waals surface area contributed by atoms with E-state index in [-0.39, 0.29) is 40.8 Å². The van der Waals surface area contributed by atoms with Crippen molar-refractivity contribution >= 4 is 59.6 Å². The number of carbonyl (C=O) groups excluding carboxylic acids is 1. The predicted molar refractivity (Wildman–Crippen MR) is 149 cm³/mol. The Morgan fingerprint density at radius 3 is 1.89 bits per heavy atom. The first-order chi connectivity index (χ1) is 17.1. The van der Waals surface area contributed by atoms with Crippen molar-refractivity contribution in [3.63, 3.8) is 0 Å². The third kappa shape index (κ3) is 7.53. The fourth-order valence-corrected chi connectivity index (χ4v) is 8.26. The molecule has 0 radical (unpaired) electrons. The molecule has 0 bridgehead atoms. The number of nitrogens with zero attached hydrogens (tertiary/aromatic N) is 1. The van der Waals surface area contributed by atoms with Gasteiger partial charge in [0.15, 0.2) is 9.84 Å². The fourth-order valence-electron chi connectivity index (χ4n) is 3.06. The second-order valence-electron chi connectivity index (χ2n) is 8.53. The molecule has 2 rings (SSSR count). The van der Waals surface area contributed by atoms with Crippen molar-refractivity contribution in [2.24, 2.45) is 5.73 Å². The van der Waals surface area contributed by atoms with E-state index in [9.17, 15) is 34.4 Å². The van der Waals surface area contributed by atoms with Crippen molar-refractivity contribution in [1.82, 2.24) is 0 Å². The first kappa shape index (κ1) is 33.5. The smallest absolute Gasteiger partial charge is 0.256 e. The molecule has 10 nitrogen and oxygen atoms in total. The molecule has 0 saturated carbocycles. The molecule has 0 fully saturated rings. The zero-order valence-electron chi connectivity index (χ0n) is 21.2. The van der Waals surface area contributed by atoms with Crippen LogP contribution in [0.15, 0.2) is 65.3 Å². The van der Waals surface area contributed by atoms with Gasteiger partial charge in [-0.15, -0.1) is 12.4 Å². The number of benzene rings is 2. The first-order valence-corrected chi connectivity index (χ1v) is 15.8. The summed E-state index contributed by atoms with van der Waals surface area (Å²) in [6.07, 6.45) is 0.921. The minimum Gasteiger partial charge on any atom is -0.327 e. The lowest BCUT2D eigenvalue weighted by Crippen LogP contribution is -2.44. The molecule has 2 aromatic rings. The van der Waals surface area contributed by atoms with Crippen molar-refractivity contribution in [3.05, 3.63) is 66.0 Å². The van der Waals surface area contributed by atoms with Gasteiger partial charge in [0.05, 0.1) is 26.6 Å². The van der Waals surface area contributed by atoms with Crippen LogP contribution in [-0.4, -0.2) is 54.0 Å². The van der Waals surface area contributed by atoms with Gasteiger partial charge in [0, 0.05) is 12.2 Å². The molecule has 15 heteroatoms. The average Bonchev–Trinajstić information content (AvgIpc) is 2.79. The Morgan fingerprint density at radius 2 is 1.42 bits per heavy atom. The molecule has 1 amide bonds. The predicted octanol–water partition coefficient (Wildman–Crippen LogP) is 3.23. The summed E-state index contributed by atoms with van der Waals surface area (Å²) in [6.45, 7) is 5.24. The summed E-state index contributed by atoms with van der Waals surface area (Å²) in [7, 11) is -12.7.